The molecule has 0 saturated heterocycles. The Bertz CT molecular complexity index is 876. The molecule has 0 N–H and O–H groups in total. The lowest BCUT2D eigenvalue weighted by atomic mass is 10.0. The topological polar surface area (TPSA) is 55.0 Å². The number of nitrogens with zero attached hydrogens (tertiary/aromatic N) is 2. The second-order valence-electron chi connectivity index (χ2n) is 7.36. The highest BCUT2D eigenvalue weighted by Crippen LogP contribution is 2.28. The molecular formula is C21H22ClFN2O3. The SMILES string of the molecule is O=C(C1CCCC1)N(Cc1ccccc1F)C[C@H]1CC(c2ccc(Cl)o2)=NO1. The molecule has 0 radical (unpaired) electrons. The van der Waals surface area contributed by atoms with Crippen molar-refractivity contribution in [3.8, 4) is 0 Å². The van der Waals surface area contributed by atoms with Gasteiger partial charge >= 0.3 is 0 Å². The van der Waals surface area contributed by atoms with Gasteiger partial charge in [0.15, 0.2) is 17.1 Å². The Morgan fingerprint density at radius 1 is 1.21 bits per heavy atom. The standard InChI is InChI=1S/C21H22ClFN2O3/c22-20-10-9-19(27-20)18-11-16(28-24-18)13-25(21(26)14-5-1-2-6-14)12-15-7-3-4-8-17(15)23/h3-4,7-10,14,16H,1-2,5-6,11-13H2/t16-/m1/s1. The number of halogens is 2. The van der Waals surface area contributed by atoms with Crippen LogP contribution in [0.15, 0.2) is 46.0 Å². The number of hydrogen-bond acceptors (Lipinski definition) is 4. The zero-order valence-electron chi connectivity index (χ0n) is 15.4. The first-order valence-corrected chi connectivity index (χ1v) is 9.98. The average molecular weight is 405 g/mol. The number of hydrogen-bond donors (Lipinski definition) is 0. The summed E-state index contributed by atoms with van der Waals surface area (Å²) in [5.74, 6) is 0.341. The van der Waals surface area contributed by atoms with Gasteiger partial charge in [-0.3, -0.25) is 4.79 Å². The van der Waals surface area contributed by atoms with E-state index < -0.39 is 0 Å². The van der Waals surface area contributed by atoms with E-state index in [1.54, 1.807) is 35.2 Å². The first-order chi connectivity index (χ1) is 13.6. The van der Waals surface area contributed by atoms with E-state index in [9.17, 15) is 9.18 Å². The molecule has 7 heteroatoms. The van der Waals surface area contributed by atoms with Crippen LogP contribution in [0.4, 0.5) is 4.39 Å². The van der Waals surface area contributed by atoms with E-state index in [0.29, 0.717) is 35.2 Å². The number of benzene rings is 1. The second-order valence-corrected chi connectivity index (χ2v) is 7.74. The highest BCUT2D eigenvalue weighted by molar-refractivity contribution is 6.29. The van der Waals surface area contributed by atoms with Gasteiger partial charge in [0.25, 0.3) is 0 Å². The normalized spacial score (nSPS) is 19.5. The third kappa shape index (κ3) is 4.22. The van der Waals surface area contributed by atoms with E-state index in [1.165, 1.54) is 6.07 Å². The molecule has 1 aromatic carbocycles. The van der Waals surface area contributed by atoms with Gasteiger partial charge in [0.2, 0.25) is 5.91 Å². The van der Waals surface area contributed by atoms with Crippen LogP contribution in [-0.4, -0.2) is 29.2 Å². The van der Waals surface area contributed by atoms with Crippen molar-refractivity contribution < 1.29 is 18.4 Å². The van der Waals surface area contributed by atoms with Gasteiger partial charge in [-0.15, -0.1) is 0 Å². The van der Waals surface area contributed by atoms with E-state index in [4.69, 9.17) is 20.9 Å². The Kier molecular flexibility index (Phi) is 5.67. The molecule has 1 aliphatic carbocycles. The van der Waals surface area contributed by atoms with Gasteiger partial charge in [-0.05, 0) is 42.6 Å². The van der Waals surface area contributed by atoms with Crippen LogP contribution in [0.25, 0.3) is 0 Å². The summed E-state index contributed by atoms with van der Waals surface area (Å²) in [6, 6.07) is 9.96. The van der Waals surface area contributed by atoms with Crippen LogP contribution in [0.5, 0.6) is 0 Å². The maximum absolute atomic E-state index is 14.2. The van der Waals surface area contributed by atoms with Gasteiger partial charge in [-0.1, -0.05) is 36.2 Å². The van der Waals surface area contributed by atoms with Crippen LogP contribution >= 0.6 is 11.6 Å². The molecule has 2 aromatic rings. The predicted octanol–water partition coefficient (Wildman–Crippen LogP) is 4.78. The zero-order chi connectivity index (χ0) is 19.5. The second kappa shape index (κ2) is 8.35. The van der Waals surface area contributed by atoms with Crippen molar-refractivity contribution in [2.24, 2.45) is 11.1 Å². The minimum Gasteiger partial charge on any atom is -0.443 e. The highest BCUT2D eigenvalue weighted by atomic mass is 35.5. The first-order valence-electron chi connectivity index (χ1n) is 9.61. The van der Waals surface area contributed by atoms with Crippen LogP contribution in [0.2, 0.25) is 5.22 Å². The Balaban J connectivity index is 1.46. The van der Waals surface area contributed by atoms with Crippen molar-refractivity contribution in [1.82, 2.24) is 4.90 Å². The van der Waals surface area contributed by atoms with E-state index in [2.05, 4.69) is 5.16 Å². The minimum absolute atomic E-state index is 0.0115. The fraction of sp³-hybridized carbons (Fsp3) is 0.429. The van der Waals surface area contributed by atoms with Crippen LogP contribution in [0.1, 0.15) is 43.4 Å². The number of oxime groups is 1. The fourth-order valence-electron chi connectivity index (χ4n) is 3.88. The maximum Gasteiger partial charge on any atom is 0.226 e. The van der Waals surface area contributed by atoms with Gasteiger partial charge in [0.05, 0.1) is 6.54 Å². The van der Waals surface area contributed by atoms with Crippen molar-refractivity contribution in [3.63, 3.8) is 0 Å². The molecule has 1 fully saturated rings. The highest BCUT2D eigenvalue weighted by Gasteiger charge is 2.32. The van der Waals surface area contributed by atoms with E-state index in [0.717, 1.165) is 25.7 Å². The van der Waals surface area contributed by atoms with E-state index in [1.807, 2.05) is 0 Å². The summed E-state index contributed by atoms with van der Waals surface area (Å²) in [4.78, 5) is 20.3. The Labute approximate surface area is 168 Å². The van der Waals surface area contributed by atoms with Crippen molar-refractivity contribution in [3.05, 3.63) is 58.8 Å². The number of amides is 1. The molecule has 1 saturated carbocycles. The number of furan rings is 1. The van der Waals surface area contributed by atoms with Gasteiger partial charge in [-0.2, -0.15) is 0 Å². The molecule has 1 aliphatic heterocycles. The molecule has 0 spiro atoms. The molecule has 148 valence electrons. The summed E-state index contributed by atoms with van der Waals surface area (Å²) in [5.41, 5.74) is 1.17. The van der Waals surface area contributed by atoms with Crippen molar-refractivity contribution in [2.75, 3.05) is 6.54 Å². The van der Waals surface area contributed by atoms with E-state index >= 15 is 0 Å². The Morgan fingerprint density at radius 2 is 2.00 bits per heavy atom. The molecule has 28 heavy (non-hydrogen) atoms. The Hall–Kier alpha value is -2.34. The maximum atomic E-state index is 14.2. The van der Waals surface area contributed by atoms with Gasteiger partial charge in [0.1, 0.15) is 11.5 Å². The van der Waals surface area contributed by atoms with Crippen LogP contribution in [0.3, 0.4) is 0 Å². The third-order valence-corrected chi connectivity index (χ3v) is 5.55. The van der Waals surface area contributed by atoms with Gasteiger partial charge in [0, 0.05) is 24.4 Å². The summed E-state index contributed by atoms with van der Waals surface area (Å²) in [6.07, 6.45) is 4.13. The predicted molar refractivity (Wildman–Crippen MR) is 104 cm³/mol. The number of carbonyl (C=O) groups excluding carboxylic acids is 1. The Morgan fingerprint density at radius 3 is 2.71 bits per heavy atom. The molecule has 2 heterocycles. The molecule has 1 atom stereocenters. The largest absolute Gasteiger partial charge is 0.443 e. The first kappa shape index (κ1) is 19.0. The van der Waals surface area contributed by atoms with Crippen molar-refractivity contribution in [1.29, 1.82) is 0 Å². The molecule has 2 aliphatic rings. The lowest BCUT2D eigenvalue weighted by molar-refractivity contribution is -0.137. The number of carbonyl (C=O) groups is 1. The minimum atomic E-state index is -0.304. The summed E-state index contributed by atoms with van der Waals surface area (Å²) >= 11 is 5.83. The third-order valence-electron chi connectivity index (χ3n) is 5.35. The van der Waals surface area contributed by atoms with Crippen molar-refractivity contribution in [2.45, 2.75) is 44.8 Å². The van der Waals surface area contributed by atoms with E-state index in [-0.39, 0.29) is 30.3 Å². The van der Waals surface area contributed by atoms with Crippen LogP contribution in [0, 0.1) is 11.7 Å². The smallest absolute Gasteiger partial charge is 0.226 e. The monoisotopic (exact) mass is 404 g/mol. The van der Waals surface area contributed by atoms with Crippen LogP contribution < -0.4 is 0 Å². The summed E-state index contributed by atoms with van der Waals surface area (Å²) in [6.45, 7) is 0.578. The molecule has 5 nitrogen and oxygen atoms in total. The molecule has 4 rings (SSSR count). The summed E-state index contributed by atoms with van der Waals surface area (Å²) < 4.78 is 19.6. The molecule has 1 aromatic heterocycles. The molecule has 1 amide bonds. The van der Waals surface area contributed by atoms with Gasteiger partial charge in [-0.25, -0.2) is 4.39 Å². The van der Waals surface area contributed by atoms with Crippen LogP contribution in [-0.2, 0) is 16.2 Å². The summed E-state index contributed by atoms with van der Waals surface area (Å²) in [5, 5.41) is 4.38. The molecule has 0 unspecified atom stereocenters. The lowest BCUT2D eigenvalue weighted by Gasteiger charge is -2.27. The molecular weight excluding hydrogens is 383 g/mol. The van der Waals surface area contributed by atoms with Gasteiger partial charge < -0.3 is 14.2 Å². The average Bonchev–Trinajstić information content (AvgIpc) is 3.44. The molecule has 0 bridgehead atoms. The fourth-order valence-corrected chi connectivity index (χ4v) is 4.03. The number of rotatable bonds is 6. The zero-order valence-corrected chi connectivity index (χ0v) is 16.2. The summed E-state index contributed by atoms with van der Waals surface area (Å²) in [7, 11) is 0. The lowest BCUT2D eigenvalue weighted by Crippen LogP contribution is -2.40. The van der Waals surface area contributed by atoms with Crippen molar-refractivity contribution >= 4 is 23.2 Å². The quantitative estimate of drug-likeness (QED) is 0.695.